The number of halogens is 2. The summed E-state index contributed by atoms with van der Waals surface area (Å²) in [4.78, 5) is 16.3. The summed E-state index contributed by atoms with van der Waals surface area (Å²) < 4.78 is 0. The van der Waals surface area contributed by atoms with Crippen LogP contribution in [0.4, 0.5) is 0 Å². The van der Waals surface area contributed by atoms with E-state index in [1.165, 1.54) is 18.4 Å². The summed E-state index contributed by atoms with van der Waals surface area (Å²) in [5.74, 6) is 0.995. The van der Waals surface area contributed by atoms with Crippen LogP contribution in [0.3, 0.4) is 0 Å². The van der Waals surface area contributed by atoms with Crippen LogP contribution in [-0.2, 0) is 4.79 Å². The minimum Gasteiger partial charge on any atom is -0.331 e. The molecule has 0 bridgehead atoms. The van der Waals surface area contributed by atoms with E-state index in [2.05, 4.69) is 49.6 Å². The number of hydrogen-bond acceptors (Lipinski definition) is 1. The Labute approximate surface area is 196 Å². The molecule has 2 aromatic rings. The number of hydrogen-bond donors (Lipinski definition) is 0. The zero-order valence-electron chi connectivity index (χ0n) is 18.4. The van der Waals surface area contributed by atoms with Gasteiger partial charge < -0.3 is 4.90 Å². The molecule has 0 N–H and O–H groups in total. The van der Waals surface area contributed by atoms with E-state index < -0.39 is 5.41 Å². The van der Waals surface area contributed by atoms with E-state index in [1.807, 2.05) is 30.3 Å². The van der Waals surface area contributed by atoms with Crippen molar-refractivity contribution in [3.63, 3.8) is 0 Å². The van der Waals surface area contributed by atoms with Crippen molar-refractivity contribution in [3.05, 3.63) is 82.4 Å². The molecule has 4 rings (SSSR count). The Bertz CT molecular complexity index is 952. The van der Waals surface area contributed by atoms with E-state index in [1.54, 1.807) is 0 Å². The van der Waals surface area contributed by atoms with Gasteiger partial charge in [0.05, 0.1) is 11.5 Å². The lowest BCUT2D eigenvalue weighted by Gasteiger charge is -2.52. The highest BCUT2D eigenvalue weighted by Crippen LogP contribution is 2.54. The highest BCUT2D eigenvalue weighted by atomic mass is 35.5. The molecule has 2 fully saturated rings. The van der Waals surface area contributed by atoms with E-state index >= 15 is 0 Å². The fraction of sp³-hybridized carbons (Fsp3) is 0.444. The van der Waals surface area contributed by atoms with E-state index in [4.69, 9.17) is 23.2 Å². The van der Waals surface area contributed by atoms with Crippen molar-refractivity contribution in [2.45, 2.75) is 64.0 Å². The minimum atomic E-state index is -0.472. The Balaban J connectivity index is 1.89. The van der Waals surface area contributed by atoms with Crippen molar-refractivity contribution < 1.29 is 4.79 Å². The molecule has 1 aliphatic carbocycles. The predicted octanol–water partition coefficient (Wildman–Crippen LogP) is 7.82. The van der Waals surface area contributed by atoms with Crippen molar-refractivity contribution in [2.24, 2.45) is 11.3 Å². The molecular formula is C27H31Cl2NO. The predicted molar refractivity (Wildman–Crippen MR) is 130 cm³/mol. The van der Waals surface area contributed by atoms with Gasteiger partial charge in [-0.2, -0.15) is 0 Å². The highest BCUT2D eigenvalue weighted by Gasteiger charge is 2.52. The fourth-order valence-corrected chi connectivity index (χ4v) is 5.82. The van der Waals surface area contributed by atoms with Crippen LogP contribution in [0.2, 0.25) is 10.0 Å². The maximum atomic E-state index is 14.1. The zero-order valence-corrected chi connectivity index (χ0v) is 19.9. The smallest absolute Gasteiger partial charge is 0.229 e. The zero-order chi connectivity index (χ0) is 22.2. The molecule has 1 heterocycles. The van der Waals surface area contributed by atoms with Crippen LogP contribution in [0.1, 0.15) is 69.0 Å². The molecule has 1 amide bonds. The number of nitrogens with zero attached hydrogens (tertiary/aromatic N) is 1. The largest absolute Gasteiger partial charge is 0.331 e. The van der Waals surface area contributed by atoms with Crippen LogP contribution in [0.15, 0.2) is 61.2 Å². The molecule has 1 saturated heterocycles. The van der Waals surface area contributed by atoms with Crippen LogP contribution in [0, 0.1) is 11.3 Å². The normalized spacial score (nSPS) is 27.2. The number of allylic oxidation sites excluding steroid dienone is 1. The molecule has 4 atom stereocenters. The van der Waals surface area contributed by atoms with Gasteiger partial charge in [0.15, 0.2) is 0 Å². The second-order valence-corrected chi connectivity index (χ2v) is 10.3. The number of carbonyl (C=O) groups excluding carboxylic acids is 1. The number of piperidine rings is 1. The van der Waals surface area contributed by atoms with Gasteiger partial charge in [-0.15, -0.1) is 6.58 Å². The number of benzene rings is 2. The summed E-state index contributed by atoms with van der Waals surface area (Å²) in [6.07, 6.45) is 6.71. The number of amides is 1. The highest BCUT2D eigenvalue weighted by molar-refractivity contribution is 6.30. The topological polar surface area (TPSA) is 20.3 Å². The second kappa shape index (κ2) is 9.00. The Kier molecular flexibility index (Phi) is 6.51. The number of rotatable bonds is 7. The fourth-order valence-electron chi connectivity index (χ4n) is 5.49. The van der Waals surface area contributed by atoms with Crippen molar-refractivity contribution in [1.82, 2.24) is 4.90 Å². The third-order valence-corrected chi connectivity index (χ3v) is 7.61. The summed E-state index contributed by atoms with van der Waals surface area (Å²) in [5.41, 5.74) is 1.85. The molecule has 31 heavy (non-hydrogen) atoms. The van der Waals surface area contributed by atoms with E-state index in [-0.39, 0.29) is 23.9 Å². The molecule has 2 nitrogen and oxygen atoms in total. The first-order valence-electron chi connectivity index (χ1n) is 11.3. The summed E-state index contributed by atoms with van der Waals surface area (Å²) in [6.45, 7) is 8.29. The third-order valence-electron chi connectivity index (χ3n) is 7.13. The van der Waals surface area contributed by atoms with Gasteiger partial charge in [0.25, 0.3) is 0 Å². The monoisotopic (exact) mass is 455 g/mol. The molecular weight excluding hydrogens is 425 g/mol. The lowest BCUT2D eigenvalue weighted by Crippen LogP contribution is -2.56. The molecule has 2 aromatic carbocycles. The maximum Gasteiger partial charge on any atom is 0.229 e. The first kappa shape index (κ1) is 22.4. The Morgan fingerprint density at radius 2 is 1.84 bits per heavy atom. The van der Waals surface area contributed by atoms with Crippen LogP contribution in [0.5, 0.6) is 0 Å². The number of likely N-dealkylation sites (tertiary alicyclic amines) is 1. The summed E-state index contributed by atoms with van der Waals surface area (Å²) in [5, 5.41) is 1.44. The van der Waals surface area contributed by atoms with Crippen molar-refractivity contribution in [3.8, 4) is 0 Å². The van der Waals surface area contributed by atoms with Crippen molar-refractivity contribution >= 4 is 29.1 Å². The van der Waals surface area contributed by atoms with Gasteiger partial charge in [-0.05, 0) is 73.4 Å². The van der Waals surface area contributed by atoms with Gasteiger partial charge in [0.1, 0.15) is 0 Å². The Morgan fingerprint density at radius 1 is 1.13 bits per heavy atom. The summed E-state index contributed by atoms with van der Waals surface area (Å²) >= 11 is 12.6. The van der Waals surface area contributed by atoms with Gasteiger partial charge in [-0.1, -0.05) is 67.4 Å². The van der Waals surface area contributed by atoms with Gasteiger partial charge in [0.2, 0.25) is 5.91 Å². The van der Waals surface area contributed by atoms with Crippen LogP contribution in [0.25, 0.3) is 0 Å². The first-order valence-corrected chi connectivity index (χ1v) is 12.1. The van der Waals surface area contributed by atoms with E-state index in [9.17, 15) is 4.79 Å². The third kappa shape index (κ3) is 4.43. The lowest BCUT2D eigenvalue weighted by atomic mass is 9.67. The van der Waals surface area contributed by atoms with Crippen molar-refractivity contribution in [2.75, 3.05) is 0 Å². The molecule has 1 aliphatic heterocycles. The van der Waals surface area contributed by atoms with Crippen LogP contribution >= 0.6 is 23.2 Å². The Morgan fingerprint density at radius 3 is 2.42 bits per heavy atom. The first-order chi connectivity index (χ1) is 14.9. The molecule has 0 aromatic heterocycles. The van der Waals surface area contributed by atoms with Gasteiger partial charge in [0, 0.05) is 22.0 Å². The SMILES string of the molecule is C=CC[C@@]1(C)C[C@H](c2cccc(Cl)c2)[C@@H](c2ccc(Cl)cc2)N([C@@H](CC)C2CC2)C1=O. The van der Waals surface area contributed by atoms with Gasteiger partial charge in [-0.25, -0.2) is 0 Å². The van der Waals surface area contributed by atoms with Crippen molar-refractivity contribution in [1.29, 1.82) is 0 Å². The molecule has 164 valence electrons. The average Bonchev–Trinajstić information content (AvgIpc) is 3.58. The molecule has 4 heteroatoms. The molecule has 1 saturated carbocycles. The van der Waals surface area contributed by atoms with Crippen LogP contribution < -0.4 is 0 Å². The van der Waals surface area contributed by atoms with Gasteiger partial charge in [-0.3, -0.25) is 4.79 Å². The molecule has 0 radical (unpaired) electrons. The van der Waals surface area contributed by atoms with E-state index in [0.29, 0.717) is 17.4 Å². The van der Waals surface area contributed by atoms with Gasteiger partial charge >= 0.3 is 0 Å². The Hall–Kier alpha value is -1.77. The quantitative estimate of drug-likeness (QED) is 0.389. The average molecular weight is 456 g/mol. The summed E-state index contributed by atoms with van der Waals surface area (Å²) in [6, 6.07) is 16.4. The molecule has 0 unspecified atom stereocenters. The van der Waals surface area contributed by atoms with Crippen LogP contribution in [-0.4, -0.2) is 16.8 Å². The standard InChI is InChI=1S/C27H31Cl2NO/c1-4-15-27(3)17-23(20-7-6-8-22(29)16-20)25(19-11-13-21(28)14-12-19)30(26(27)31)24(5-2)18-9-10-18/h4,6-8,11-14,16,18,23-25H,1,5,9-10,15,17H2,2-3H3/t23-,24+,25-,27+/m1/s1. The molecule has 2 aliphatic rings. The number of carbonyl (C=O) groups is 1. The van der Waals surface area contributed by atoms with E-state index in [0.717, 1.165) is 23.4 Å². The lowest BCUT2D eigenvalue weighted by molar-refractivity contribution is -0.155. The summed E-state index contributed by atoms with van der Waals surface area (Å²) in [7, 11) is 0. The maximum absolute atomic E-state index is 14.1. The second-order valence-electron chi connectivity index (χ2n) is 9.44. The minimum absolute atomic E-state index is 0.0355. The molecule has 0 spiro atoms.